The molecule has 0 radical (unpaired) electrons. The summed E-state index contributed by atoms with van der Waals surface area (Å²) in [5.41, 5.74) is 6.45. The molecule has 1 aliphatic heterocycles. The second-order valence-electron chi connectivity index (χ2n) is 6.12. The van der Waals surface area contributed by atoms with E-state index >= 15 is 0 Å². The van der Waals surface area contributed by atoms with Crippen LogP contribution >= 0.6 is 0 Å². The Bertz CT molecular complexity index is 541. The molecule has 23 heavy (non-hydrogen) atoms. The molecule has 4 N–H and O–H groups in total. The van der Waals surface area contributed by atoms with Crippen molar-refractivity contribution in [3.8, 4) is 0 Å². The Morgan fingerprint density at radius 1 is 1.43 bits per heavy atom. The Labute approximate surface area is 137 Å². The van der Waals surface area contributed by atoms with E-state index < -0.39 is 12.9 Å². The molecule has 6 nitrogen and oxygen atoms in total. The number of primary amides is 1. The standard InChI is InChI=1S/C16H24BN3O3/c1-12(21)19-15(10-13-6-3-2-4-7-13)17(23)11-20-9-5-8-14(20)16(18)22/h2-4,6-7,14-15,23H,5,8-11H2,1H3,(H2,18,22)(H,19,21)/t14-,15-/m0/s1. The van der Waals surface area contributed by atoms with Gasteiger partial charge in [0, 0.05) is 19.3 Å². The number of hydrogen-bond acceptors (Lipinski definition) is 4. The van der Waals surface area contributed by atoms with Crippen molar-refractivity contribution >= 4 is 18.7 Å². The minimum atomic E-state index is -0.765. The van der Waals surface area contributed by atoms with E-state index in [-0.39, 0.29) is 17.9 Å². The third-order valence-electron chi connectivity index (χ3n) is 4.27. The highest BCUT2D eigenvalue weighted by Crippen LogP contribution is 2.17. The lowest BCUT2D eigenvalue weighted by Crippen LogP contribution is -2.54. The third-order valence-corrected chi connectivity index (χ3v) is 4.27. The molecule has 2 rings (SSSR count). The summed E-state index contributed by atoms with van der Waals surface area (Å²) in [6, 6.07) is 9.38. The lowest BCUT2D eigenvalue weighted by atomic mass is 9.58. The second kappa shape index (κ2) is 8.13. The molecule has 1 aromatic carbocycles. The molecule has 1 heterocycles. The summed E-state index contributed by atoms with van der Waals surface area (Å²) in [4.78, 5) is 24.8. The van der Waals surface area contributed by atoms with Crippen LogP contribution in [0.25, 0.3) is 0 Å². The van der Waals surface area contributed by atoms with Crippen molar-refractivity contribution in [2.45, 2.75) is 38.2 Å². The third kappa shape index (κ3) is 5.08. The molecule has 0 saturated carbocycles. The first-order valence-electron chi connectivity index (χ1n) is 8.00. The SMILES string of the molecule is CC(=O)N[C@@H](Cc1ccccc1)B(O)CN1CCC[C@H]1C(N)=O. The van der Waals surface area contributed by atoms with Gasteiger partial charge in [-0.25, -0.2) is 0 Å². The Morgan fingerprint density at radius 3 is 2.74 bits per heavy atom. The molecule has 1 fully saturated rings. The highest BCUT2D eigenvalue weighted by molar-refractivity contribution is 6.52. The van der Waals surface area contributed by atoms with Crippen molar-refractivity contribution in [3.05, 3.63) is 35.9 Å². The number of likely N-dealkylation sites (tertiary alicyclic amines) is 1. The van der Waals surface area contributed by atoms with Crippen LogP contribution in [0.2, 0.25) is 0 Å². The Morgan fingerprint density at radius 2 is 2.13 bits per heavy atom. The van der Waals surface area contributed by atoms with Crippen LogP contribution in [0.4, 0.5) is 0 Å². The fourth-order valence-electron chi connectivity index (χ4n) is 3.15. The number of nitrogens with zero attached hydrogens (tertiary/aromatic N) is 1. The first-order valence-corrected chi connectivity index (χ1v) is 8.00. The molecular weight excluding hydrogens is 293 g/mol. The van der Waals surface area contributed by atoms with E-state index in [0.717, 1.165) is 24.9 Å². The van der Waals surface area contributed by atoms with Crippen LogP contribution in [-0.2, 0) is 16.0 Å². The molecular formula is C16H24BN3O3. The molecule has 2 atom stereocenters. The molecule has 7 heteroatoms. The van der Waals surface area contributed by atoms with Crippen molar-refractivity contribution in [2.24, 2.45) is 5.73 Å². The van der Waals surface area contributed by atoms with Crippen molar-refractivity contribution in [2.75, 3.05) is 13.0 Å². The highest BCUT2D eigenvalue weighted by Gasteiger charge is 2.34. The van der Waals surface area contributed by atoms with Gasteiger partial charge in [-0.05, 0) is 31.4 Å². The lowest BCUT2D eigenvalue weighted by Gasteiger charge is -2.27. The maximum absolute atomic E-state index is 11.5. The number of carbonyl (C=O) groups excluding carboxylic acids is 2. The van der Waals surface area contributed by atoms with Gasteiger partial charge in [-0.3, -0.25) is 14.5 Å². The smallest absolute Gasteiger partial charge is 0.327 e. The number of nitrogens with two attached hydrogens (primary N) is 1. The van der Waals surface area contributed by atoms with E-state index in [0.29, 0.717) is 12.9 Å². The van der Waals surface area contributed by atoms with Gasteiger partial charge in [0.25, 0.3) is 0 Å². The predicted octanol–water partition coefficient (Wildman–Crippen LogP) is -0.254. The molecule has 1 aromatic rings. The van der Waals surface area contributed by atoms with Gasteiger partial charge in [-0.2, -0.15) is 0 Å². The lowest BCUT2D eigenvalue weighted by molar-refractivity contribution is -0.122. The minimum Gasteiger partial charge on any atom is -0.448 e. The van der Waals surface area contributed by atoms with Crippen molar-refractivity contribution in [1.82, 2.24) is 10.2 Å². The van der Waals surface area contributed by atoms with E-state index in [4.69, 9.17) is 5.73 Å². The monoisotopic (exact) mass is 317 g/mol. The molecule has 124 valence electrons. The number of nitrogens with one attached hydrogen (secondary N) is 1. The van der Waals surface area contributed by atoms with Gasteiger partial charge in [0.05, 0.1) is 6.04 Å². The maximum Gasteiger partial charge on any atom is 0.327 e. The molecule has 1 saturated heterocycles. The first kappa shape index (κ1) is 17.5. The zero-order valence-electron chi connectivity index (χ0n) is 13.4. The molecule has 0 aliphatic carbocycles. The zero-order valence-corrected chi connectivity index (χ0v) is 13.4. The van der Waals surface area contributed by atoms with E-state index in [1.807, 2.05) is 35.2 Å². The van der Waals surface area contributed by atoms with Crippen LogP contribution in [-0.4, -0.2) is 53.6 Å². The minimum absolute atomic E-state index is 0.183. The van der Waals surface area contributed by atoms with Crippen LogP contribution in [0, 0.1) is 0 Å². The summed E-state index contributed by atoms with van der Waals surface area (Å²) in [5.74, 6) is -0.935. The zero-order chi connectivity index (χ0) is 16.8. The Hall–Kier alpha value is -1.86. The van der Waals surface area contributed by atoms with Crippen molar-refractivity contribution in [1.29, 1.82) is 0 Å². The molecule has 0 bridgehead atoms. The van der Waals surface area contributed by atoms with Gasteiger partial charge in [0.2, 0.25) is 11.8 Å². The average Bonchev–Trinajstić information content (AvgIpc) is 2.95. The summed E-state index contributed by atoms with van der Waals surface area (Å²) in [5, 5.41) is 13.4. The average molecular weight is 317 g/mol. The predicted molar refractivity (Wildman–Crippen MR) is 89.5 cm³/mol. The first-order chi connectivity index (χ1) is 11.0. The van der Waals surface area contributed by atoms with E-state index in [1.54, 1.807) is 0 Å². The summed E-state index contributed by atoms with van der Waals surface area (Å²) in [7, 11) is 0. The fourth-order valence-corrected chi connectivity index (χ4v) is 3.15. The fraction of sp³-hybridized carbons (Fsp3) is 0.500. The van der Waals surface area contributed by atoms with Gasteiger partial charge in [0.1, 0.15) is 0 Å². The number of rotatable bonds is 7. The molecule has 0 aromatic heterocycles. The molecule has 0 spiro atoms. The summed E-state index contributed by atoms with van der Waals surface area (Å²) < 4.78 is 0. The van der Waals surface area contributed by atoms with Crippen molar-refractivity contribution < 1.29 is 14.6 Å². The number of hydrogen-bond donors (Lipinski definition) is 3. The van der Waals surface area contributed by atoms with Gasteiger partial charge >= 0.3 is 6.92 Å². The molecule has 2 amide bonds. The number of benzene rings is 1. The van der Waals surface area contributed by atoms with Crippen LogP contribution < -0.4 is 11.1 Å². The van der Waals surface area contributed by atoms with Crippen molar-refractivity contribution in [3.63, 3.8) is 0 Å². The van der Waals surface area contributed by atoms with E-state index in [2.05, 4.69) is 5.32 Å². The Balaban J connectivity index is 2.02. The number of amides is 2. The molecule has 0 unspecified atom stereocenters. The normalized spacial score (nSPS) is 19.3. The largest absolute Gasteiger partial charge is 0.448 e. The summed E-state index contributed by atoms with van der Waals surface area (Å²) in [6.45, 7) is 1.41. The number of carbonyl (C=O) groups is 2. The van der Waals surface area contributed by atoms with E-state index in [1.165, 1.54) is 6.92 Å². The van der Waals surface area contributed by atoms with Gasteiger partial charge in [-0.1, -0.05) is 30.3 Å². The summed E-state index contributed by atoms with van der Waals surface area (Å²) in [6.07, 6.45) is 2.48. The van der Waals surface area contributed by atoms with Crippen LogP contribution in [0.15, 0.2) is 30.3 Å². The van der Waals surface area contributed by atoms with E-state index in [9.17, 15) is 14.6 Å². The van der Waals surface area contributed by atoms with Crippen LogP contribution in [0.5, 0.6) is 0 Å². The van der Waals surface area contributed by atoms with Crippen LogP contribution in [0.3, 0.4) is 0 Å². The second-order valence-corrected chi connectivity index (χ2v) is 6.12. The van der Waals surface area contributed by atoms with Gasteiger partial charge < -0.3 is 16.1 Å². The van der Waals surface area contributed by atoms with Gasteiger partial charge in [-0.15, -0.1) is 0 Å². The van der Waals surface area contributed by atoms with Crippen LogP contribution in [0.1, 0.15) is 25.3 Å². The van der Waals surface area contributed by atoms with Gasteiger partial charge in [0.15, 0.2) is 0 Å². The Kier molecular flexibility index (Phi) is 6.18. The topological polar surface area (TPSA) is 95.7 Å². The molecule has 1 aliphatic rings. The quantitative estimate of drug-likeness (QED) is 0.604. The maximum atomic E-state index is 11.5. The highest BCUT2D eigenvalue weighted by atomic mass is 16.2. The summed E-state index contributed by atoms with van der Waals surface area (Å²) >= 11 is 0.